The number of nitrogen functional groups attached to an aromatic ring is 1. The normalized spacial score (nSPS) is 10.3. The summed E-state index contributed by atoms with van der Waals surface area (Å²) in [4.78, 5) is 2.02. The molecule has 0 aliphatic carbocycles. The van der Waals surface area contributed by atoms with E-state index in [4.69, 9.17) is 20.3 Å². The highest BCUT2D eigenvalue weighted by molar-refractivity contribution is 5.62. The van der Waals surface area contributed by atoms with E-state index in [2.05, 4.69) is 0 Å². The smallest absolute Gasteiger partial charge is 0.143 e. The van der Waals surface area contributed by atoms with Crippen molar-refractivity contribution in [2.24, 2.45) is 0 Å². The largest absolute Gasteiger partial charge is 0.495 e. The third-order valence-electron chi connectivity index (χ3n) is 2.52. The van der Waals surface area contributed by atoms with E-state index in [1.165, 1.54) is 0 Å². The second-order valence-corrected chi connectivity index (χ2v) is 3.63. The molecule has 1 rings (SSSR count). The molecule has 0 atom stereocenters. The molecule has 5 nitrogen and oxygen atoms in total. The zero-order valence-electron chi connectivity index (χ0n) is 10.3. The van der Waals surface area contributed by atoms with Crippen molar-refractivity contribution >= 4 is 11.4 Å². The van der Waals surface area contributed by atoms with E-state index in [1.807, 2.05) is 17.0 Å². The van der Waals surface area contributed by atoms with E-state index in [-0.39, 0.29) is 6.61 Å². The lowest BCUT2D eigenvalue weighted by molar-refractivity contribution is 0.203. The summed E-state index contributed by atoms with van der Waals surface area (Å²) in [6, 6.07) is 5.56. The van der Waals surface area contributed by atoms with Gasteiger partial charge in [-0.05, 0) is 12.1 Å². The maximum atomic E-state index is 9.04. The summed E-state index contributed by atoms with van der Waals surface area (Å²) >= 11 is 0. The van der Waals surface area contributed by atoms with Crippen LogP contribution in [0.15, 0.2) is 18.2 Å². The molecule has 0 saturated carbocycles. The molecule has 0 aromatic heterocycles. The molecule has 0 saturated heterocycles. The third-order valence-corrected chi connectivity index (χ3v) is 2.52. The number of ether oxygens (including phenoxy) is 2. The molecule has 0 bridgehead atoms. The highest BCUT2D eigenvalue weighted by Crippen LogP contribution is 2.27. The standard InChI is InChI=1S/C12H20N2O3/c1-16-8-6-14(5-7-15)10-3-4-11(13)12(9-10)17-2/h3-4,9,15H,5-8,13H2,1-2H3. The Morgan fingerprint density at radius 2 is 2.06 bits per heavy atom. The molecule has 1 aromatic rings. The first-order chi connectivity index (χ1) is 8.22. The Labute approximate surface area is 102 Å². The van der Waals surface area contributed by atoms with Crippen molar-refractivity contribution in [3.05, 3.63) is 18.2 Å². The Kier molecular flexibility index (Phi) is 5.59. The fourth-order valence-electron chi connectivity index (χ4n) is 1.59. The van der Waals surface area contributed by atoms with Gasteiger partial charge in [0.1, 0.15) is 5.75 Å². The van der Waals surface area contributed by atoms with Gasteiger partial charge in [0.2, 0.25) is 0 Å². The first kappa shape index (κ1) is 13.6. The van der Waals surface area contributed by atoms with E-state index < -0.39 is 0 Å². The molecule has 1 aromatic carbocycles. The van der Waals surface area contributed by atoms with Gasteiger partial charge in [-0.2, -0.15) is 0 Å². The predicted octanol–water partition coefficient (Wildman–Crippen LogP) is 0.723. The van der Waals surface area contributed by atoms with Crippen molar-refractivity contribution in [2.75, 3.05) is 51.2 Å². The van der Waals surface area contributed by atoms with Crippen molar-refractivity contribution < 1.29 is 14.6 Å². The monoisotopic (exact) mass is 240 g/mol. The molecule has 3 N–H and O–H groups in total. The number of benzene rings is 1. The number of anilines is 2. The quantitative estimate of drug-likeness (QED) is 0.687. The second kappa shape index (κ2) is 6.98. The molecule has 0 heterocycles. The summed E-state index contributed by atoms with van der Waals surface area (Å²) in [6.45, 7) is 1.96. The molecule has 96 valence electrons. The van der Waals surface area contributed by atoms with Crippen LogP contribution in [0.25, 0.3) is 0 Å². The predicted molar refractivity (Wildman–Crippen MR) is 68.6 cm³/mol. The zero-order valence-corrected chi connectivity index (χ0v) is 10.3. The van der Waals surface area contributed by atoms with Gasteiger partial charge in [-0.15, -0.1) is 0 Å². The summed E-state index contributed by atoms with van der Waals surface area (Å²) in [5, 5.41) is 9.04. The van der Waals surface area contributed by atoms with Crippen molar-refractivity contribution in [3.8, 4) is 5.75 Å². The first-order valence-corrected chi connectivity index (χ1v) is 5.51. The molecule has 0 spiro atoms. The van der Waals surface area contributed by atoms with Gasteiger partial charge in [0.25, 0.3) is 0 Å². The maximum absolute atomic E-state index is 9.04. The van der Waals surface area contributed by atoms with Crippen LogP contribution in [0, 0.1) is 0 Å². The van der Waals surface area contributed by atoms with E-state index in [9.17, 15) is 0 Å². The number of aliphatic hydroxyl groups is 1. The molecule has 17 heavy (non-hydrogen) atoms. The Morgan fingerprint density at radius 3 is 2.65 bits per heavy atom. The van der Waals surface area contributed by atoms with Crippen LogP contribution in [-0.4, -0.2) is 45.6 Å². The lowest BCUT2D eigenvalue weighted by atomic mass is 10.2. The fourth-order valence-corrected chi connectivity index (χ4v) is 1.59. The fraction of sp³-hybridized carbons (Fsp3) is 0.500. The molecule has 0 aliphatic heterocycles. The molecule has 0 fully saturated rings. The SMILES string of the molecule is COCCN(CCO)c1ccc(N)c(OC)c1. The van der Waals surface area contributed by atoms with E-state index >= 15 is 0 Å². The van der Waals surface area contributed by atoms with Gasteiger partial charge in [-0.3, -0.25) is 0 Å². The molecular formula is C12H20N2O3. The first-order valence-electron chi connectivity index (χ1n) is 5.51. The average molecular weight is 240 g/mol. The Bertz CT molecular complexity index is 345. The minimum Gasteiger partial charge on any atom is -0.495 e. The van der Waals surface area contributed by atoms with Gasteiger partial charge < -0.3 is 25.2 Å². The van der Waals surface area contributed by atoms with Crippen LogP contribution in [0.2, 0.25) is 0 Å². The molecule has 0 unspecified atom stereocenters. The van der Waals surface area contributed by atoms with E-state index in [0.29, 0.717) is 31.1 Å². The van der Waals surface area contributed by atoms with Gasteiger partial charge in [-0.1, -0.05) is 0 Å². The number of aliphatic hydroxyl groups excluding tert-OH is 1. The maximum Gasteiger partial charge on any atom is 0.143 e. The highest BCUT2D eigenvalue weighted by Gasteiger charge is 2.08. The van der Waals surface area contributed by atoms with Crippen molar-refractivity contribution in [2.45, 2.75) is 0 Å². The van der Waals surface area contributed by atoms with Crippen LogP contribution in [0.4, 0.5) is 11.4 Å². The van der Waals surface area contributed by atoms with Gasteiger partial charge >= 0.3 is 0 Å². The number of hydrogen-bond acceptors (Lipinski definition) is 5. The number of rotatable bonds is 7. The number of hydrogen-bond donors (Lipinski definition) is 2. The Hall–Kier alpha value is -1.46. The molecule has 0 radical (unpaired) electrons. The molecule has 5 heteroatoms. The van der Waals surface area contributed by atoms with Crippen molar-refractivity contribution in [1.29, 1.82) is 0 Å². The Morgan fingerprint density at radius 1 is 1.29 bits per heavy atom. The zero-order chi connectivity index (χ0) is 12.7. The molecule has 0 aliphatic rings. The summed E-state index contributed by atoms with van der Waals surface area (Å²) in [7, 11) is 3.24. The second-order valence-electron chi connectivity index (χ2n) is 3.63. The lowest BCUT2D eigenvalue weighted by Crippen LogP contribution is -2.30. The van der Waals surface area contributed by atoms with Crippen LogP contribution >= 0.6 is 0 Å². The molecular weight excluding hydrogens is 220 g/mol. The van der Waals surface area contributed by atoms with Crippen molar-refractivity contribution in [1.82, 2.24) is 0 Å². The van der Waals surface area contributed by atoms with Gasteiger partial charge in [0.15, 0.2) is 0 Å². The van der Waals surface area contributed by atoms with E-state index in [0.717, 1.165) is 5.69 Å². The van der Waals surface area contributed by atoms with Crippen LogP contribution in [0.5, 0.6) is 5.75 Å². The third kappa shape index (κ3) is 3.80. The van der Waals surface area contributed by atoms with Gasteiger partial charge in [0.05, 0.1) is 26.0 Å². The minimum absolute atomic E-state index is 0.0937. The minimum atomic E-state index is 0.0937. The molecule has 0 amide bonds. The summed E-state index contributed by atoms with van der Waals surface area (Å²) in [6.07, 6.45) is 0. The van der Waals surface area contributed by atoms with E-state index in [1.54, 1.807) is 20.3 Å². The summed E-state index contributed by atoms with van der Waals surface area (Å²) in [5.74, 6) is 0.642. The van der Waals surface area contributed by atoms with Crippen molar-refractivity contribution in [3.63, 3.8) is 0 Å². The average Bonchev–Trinajstić information content (AvgIpc) is 2.35. The number of nitrogens with zero attached hydrogens (tertiary/aromatic N) is 1. The number of methoxy groups -OCH3 is 2. The topological polar surface area (TPSA) is 68.0 Å². The van der Waals surface area contributed by atoms with Crippen LogP contribution in [-0.2, 0) is 4.74 Å². The van der Waals surface area contributed by atoms with Gasteiger partial charge in [-0.25, -0.2) is 0 Å². The number of nitrogens with two attached hydrogens (primary N) is 1. The van der Waals surface area contributed by atoms with Gasteiger partial charge in [0, 0.05) is 32.0 Å². The summed E-state index contributed by atoms with van der Waals surface area (Å²) < 4.78 is 10.2. The van der Waals surface area contributed by atoms with Crippen LogP contribution < -0.4 is 15.4 Å². The highest BCUT2D eigenvalue weighted by atomic mass is 16.5. The van der Waals surface area contributed by atoms with Crippen LogP contribution in [0.1, 0.15) is 0 Å². The van der Waals surface area contributed by atoms with Crippen LogP contribution in [0.3, 0.4) is 0 Å². The Balaban J connectivity index is 2.85. The lowest BCUT2D eigenvalue weighted by Gasteiger charge is -2.24. The summed E-state index contributed by atoms with van der Waals surface area (Å²) in [5.41, 5.74) is 7.32.